The zero-order valence-electron chi connectivity index (χ0n) is 22.8. The fourth-order valence-corrected chi connectivity index (χ4v) is 8.21. The van der Waals surface area contributed by atoms with E-state index in [2.05, 4.69) is 122 Å². The van der Waals surface area contributed by atoms with Crippen LogP contribution in [0.1, 0.15) is 59.9 Å². The van der Waals surface area contributed by atoms with Gasteiger partial charge in [0.05, 0.1) is 0 Å². The van der Waals surface area contributed by atoms with Gasteiger partial charge in [-0.3, -0.25) is 0 Å². The molecule has 2 aliphatic carbocycles. The van der Waals surface area contributed by atoms with Crippen LogP contribution in [-0.4, -0.2) is 6.26 Å². The van der Waals surface area contributed by atoms with E-state index in [-0.39, 0.29) is 5.41 Å². The predicted octanol–water partition coefficient (Wildman–Crippen LogP) is 10.1. The lowest BCUT2D eigenvalue weighted by molar-refractivity contribution is 0.163. The third kappa shape index (κ3) is 3.29. The Hall–Kier alpha value is -3.75. The molecule has 5 aromatic carbocycles. The van der Waals surface area contributed by atoms with Gasteiger partial charge in [0.15, 0.2) is 5.60 Å². The topological polar surface area (TPSA) is 9.23 Å². The van der Waals surface area contributed by atoms with Crippen LogP contribution in [0.5, 0.6) is 5.75 Å². The van der Waals surface area contributed by atoms with Gasteiger partial charge in [0.25, 0.3) is 0 Å². The van der Waals surface area contributed by atoms with E-state index in [1.807, 2.05) is 0 Å². The zero-order chi connectivity index (χ0) is 26.7. The minimum Gasteiger partial charge on any atom is -0.472 e. The smallest absolute Gasteiger partial charge is 0.178 e. The molecule has 8 rings (SSSR count). The summed E-state index contributed by atoms with van der Waals surface area (Å²) in [4.78, 5) is 1.26. The highest BCUT2D eigenvalue weighted by atomic mass is 32.2. The standard InChI is InChI=1S/C38H32OS/c1-40-28-20-18-27(19-21-28)38(26-12-4-2-5-13-26)25-22-32-35-34(29-14-6-7-15-30(29)36(32)39-38)31-16-8-9-17-33(31)37(35)23-10-3-11-24-37/h2,4-9,12-22,25H,3,10-11,23-24H2,1H3. The second kappa shape index (κ2) is 9.14. The summed E-state index contributed by atoms with van der Waals surface area (Å²) in [6.45, 7) is 0. The van der Waals surface area contributed by atoms with Gasteiger partial charge >= 0.3 is 0 Å². The van der Waals surface area contributed by atoms with Gasteiger partial charge in [-0.2, -0.15) is 0 Å². The molecule has 2 heteroatoms. The Morgan fingerprint density at radius 3 is 2.12 bits per heavy atom. The van der Waals surface area contributed by atoms with E-state index in [0.717, 1.165) is 16.9 Å². The average Bonchev–Trinajstić information content (AvgIpc) is 3.31. The molecule has 3 aliphatic rings. The Labute approximate surface area is 240 Å². The van der Waals surface area contributed by atoms with Gasteiger partial charge in [-0.25, -0.2) is 0 Å². The molecule has 40 heavy (non-hydrogen) atoms. The summed E-state index contributed by atoms with van der Waals surface area (Å²) in [6.07, 6.45) is 13.1. The van der Waals surface area contributed by atoms with E-state index < -0.39 is 5.60 Å². The van der Waals surface area contributed by atoms with Crippen molar-refractivity contribution in [2.45, 2.75) is 48.0 Å². The van der Waals surface area contributed by atoms with Crippen LogP contribution in [0.2, 0.25) is 0 Å². The molecule has 0 amide bonds. The van der Waals surface area contributed by atoms with Gasteiger partial charge in [-0.1, -0.05) is 116 Å². The molecule has 1 atom stereocenters. The fourth-order valence-electron chi connectivity index (χ4n) is 7.80. The van der Waals surface area contributed by atoms with Gasteiger partial charge in [0.2, 0.25) is 0 Å². The summed E-state index contributed by atoms with van der Waals surface area (Å²) < 4.78 is 7.44. The van der Waals surface area contributed by atoms with E-state index in [9.17, 15) is 0 Å². The monoisotopic (exact) mass is 536 g/mol. The minimum atomic E-state index is -0.701. The molecule has 0 aromatic heterocycles. The van der Waals surface area contributed by atoms with Crippen LogP contribution in [0.25, 0.3) is 28.0 Å². The molecular formula is C38H32OS. The van der Waals surface area contributed by atoms with Gasteiger partial charge in [0.1, 0.15) is 5.75 Å². The van der Waals surface area contributed by atoms with Crippen molar-refractivity contribution < 1.29 is 4.74 Å². The van der Waals surface area contributed by atoms with Crippen molar-refractivity contribution in [3.63, 3.8) is 0 Å². The maximum Gasteiger partial charge on any atom is 0.178 e. The van der Waals surface area contributed by atoms with Crippen LogP contribution in [0.15, 0.2) is 114 Å². The number of ether oxygens (including phenoxy) is 1. The molecule has 1 nitrogen and oxygen atoms in total. The molecule has 1 unspecified atom stereocenters. The van der Waals surface area contributed by atoms with Crippen molar-refractivity contribution in [2.75, 3.05) is 6.26 Å². The van der Waals surface area contributed by atoms with Gasteiger partial charge in [0, 0.05) is 32.4 Å². The lowest BCUT2D eigenvalue weighted by Gasteiger charge is -2.41. The summed E-state index contributed by atoms with van der Waals surface area (Å²) in [6, 6.07) is 37.7. The predicted molar refractivity (Wildman–Crippen MR) is 168 cm³/mol. The van der Waals surface area contributed by atoms with Crippen molar-refractivity contribution in [3.05, 3.63) is 137 Å². The van der Waals surface area contributed by atoms with E-state index >= 15 is 0 Å². The van der Waals surface area contributed by atoms with Crippen LogP contribution in [0.4, 0.5) is 0 Å². The molecule has 0 bridgehead atoms. The van der Waals surface area contributed by atoms with Crippen LogP contribution in [-0.2, 0) is 11.0 Å². The molecule has 0 radical (unpaired) electrons. The number of rotatable bonds is 3. The Balaban J connectivity index is 1.44. The van der Waals surface area contributed by atoms with Crippen LogP contribution in [0, 0.1) is 0 Å². The summed E-state index contributed by atoms with van der Waals surface area (Å²) in [5, 5.41) is 2.51. The molecule has 0 N–H and O–H groups in total. The first-order valence-corrected chi connectivity index (χ1v) is 15.7. The third-order valence-corrected chi connectivity index (χ3v) is 10.3. The Morgan fingerprint density at radius 2 is 1.35 bits per heavy atom. The maximum atomic E-state index is 7.44. The quantitative estimate of drug-likeness (QED) is 0.212. The Bertz CT molecular complexity index is 1780. The fraction of sp³-hybridized carbons (Fsp3) is 0.211. The maximum absolute atomic E-state index is 7.44. The van der Waals surface area contributed by atoms with Crippen LogP contribution >= 0.6 is 11.8 Å². The van der Waals surface area contributed by atoms with Gasteiger partial charge in [-0.05, 0) is 64.9 Å². The normalized spacial score (nSPS) is 20.1. The first kappa shape index (κ1) is 24.1. The second-order valence-electron chi connectivity index (χ2n) is 11.5. The van der Waals surface area contributed by atoms with Crippen molar-refractivity contribution in [2.24, 2.45) is 0 Å². The Morgan fingerprint density at radius 1 is 0.675 bits per heavy atom. The summed E-state index contributed by atoms with van der Waals surface area (Å²) >= 11 is 1.77. The van der Waals surface area contributed by atoms with Crippen molar-refractivity contribution in [1.29, 1.82) is 0 Å². The first-order valence-electron chi connectivity index (χ1n) is 14.5. The number of fused-ring (bicyclic) bond motifs is 10. The molecule has 0 saturated heterocycles. The molecule has 1 fully saturated rings. The van der Waals surface area contributed by atoms with Crippen molar-refractivity contribution in [1.82, 2.24) is 0 Å². The second-order valence-corrected chi connectivity index (χ2v) is 12.4. The molecular weight excluding hydrogens is 504 g/mol. The average molecular weight is 537 g/mol. The molecule has 1 aliphatic heterocycles. The van der Waals surface area contributed by atoms with Gasteiger partial charge in [-0.15, -0.1) is 11.8 Å². The molecule has 5 aromatic rings. The van der Waals surface area contributed by atoms with E-state index in [1.165, 1.54) is 75.6 Å². The van der Waals surface area contributed by atoms with E-state index in [1.54, 1.807) is 11.8 Å². The Kier molecular flexibility index (Phi) is 5.50. The largest absolute Gasteiger partial charge is 0.472 e. The SMILES string of the molecule is CSc1ccc(C2(c3ccccc3)C=Cc3c4c(c5ccccc5c3O2)-c2ccccc2C42CCCCC2)cc1. The number of thioether (sulfide) groups is 1. The number of hydrogen-bond acceptors (Lipinski definition) is 2. The van der Waals surface area contributed by atoms with Crippen LogP contribution < -0.4 is 4.74 Å². The van der Waals surface area contributed by atoms with Crippen LogP contribution in [0.3, 0.4) is 0 Å². The third-order valence-electron chi connectivity index (χ3n) is 9.57. The number of benzene rings is 5. The lowest BCUT2D eigenvalue weighted by Crippen LogP contribution is -2.35. The van der Waals surface area contributed by atoms with Crippen molar-refractivity contribution in [3.8, 4) is 16.9 Å². The molecule has 196 valence electrons. The minimum absolute atomic E-state index is 0.0543. The van der Waals surface area contributed by atoms with Crippen molar-refractivity contribution >= 4 is 28.6 Å². The summed E-state index contributed by atoms with van der Waals surface area (Å²) in [7, 11) is 0. The van der Waals surface area contributed by atoms with Gasteiger partial charge < -0.3 is 4.74 Å². The zero-order valence-corrected chi connectivity index (χ0v) is 23.6. The highest BCUT2D eigenvalue weighted by Gasteiger charge is 2.48. The summed E-state index contributed by atoms with van der Waals surface area (Å²) in [5.41, 5.74) is 8.79. The highest BCUT2D eigenvalue weighted by molar-refractivity contribution is 7.98. The first-order chi connectivity index (χ1) is 19.7. The highest BCUT2D eigenvalue weighted by Crippen LogP contribution is 2.61. The lowest BCUT2D eigenvalue weighted by atomic mass is 9.66. The number of hydrogen-bond donors (Lipinski definition) is 0. The van der Waals surface area contributed by atoms with E-state index in [0.29, 0.717) is 0 Å². The molecule has 1 saturated carbocycles. The molecule has 1 heterocycles. The summed E-state index contributed by atoms with van der Waals surface area (Å²) in [5.74, 6) is 1.02. The van der Waals surface area contributed by atoms with E-state index in [4.69, 9.17) is 4.74 Å². The molecule has 1 spiro atoms.